The normalized spacial score (nSPS) is 22.6. The second kappa shape index (κ2) is 5.71. The molecule has 0 saturated carbocycles. The molecule has 0 amide bonds. The van der Waals surface area contributed by atoms with Gasteiger partial charge in [0.2, 0.25) is 0 Å². The van der Waals surface area contributed by atoms with E-state index >= 15 is 0 Å². The van der Waals surface area contributed by atoms with Crippen molar-refractivity contribution >= 4 is 11.6 Å². The first-order valence-corrected chi connectivity index (χ1v) is 6.77. The average molecular weight is 265 g/mol. The van der Waals surface area contributed by atoms with Gasteiger partial charge in [-0.25, -0.2) is 15.8 Å². The van der Waals surface area contributed by atoms with Gasteiger partial charge in [0, 0.05) is 25.6 Å². The maximum absolute atomic E-state index is 5.64. The molecule has 2 atom stereocenters. The van der Waals surface area contributed by atoms with Gasteiger partial charge in [-0.2, -0.15) is 0 Å². The molecule has 1 aliphatic rings. The van der Waals surface area contributed by atoms with Crippen LogP contribution >= 0.6 is 0 Å². The minimum atomic E-state index is 0.221. The molecule has 19 heavy (non-hydrogen) atoms. The summed E-state index contributed by atoms with van der Waals surface area (Å²) in [5, 5.41) is 0. The number of ether oxygens (including phenoxy) is 1. The number of hydrogen-bond donors (Lipinski definition) is 2. The van der Waals surface area contributed by atoms with Crippen LogP contribution in [0.4, 0.5) is 11.6 Å². The zero-order chi connectivity index (χ0) is 14.0. The van der Waals surface area contributed by atoms with Gasteiger partial charge in [-0.15, -0.1) is 0 Å². The summed E-state index contributed by atoms with van der Waals surface area (Å²) in [6.45, 7) is 6.94. The molecule has 0 radical (unpaired) electrons. The summed E-state index contributed by atoms with van der Waals surface area (Å²) < 4.78 is 5.64. The fraction of sp³-hybridized carbons (Fsp3) is 0.692. The van der Waals surface area contributed by atoms with Crippen molar-refractivity contribution < 1.29 is 4.74 Å². The lowest BCUT2D eigenvalue weighted by atomic mass is 10.1. The van der Waals surface area contributed by atoms with E-state index in [9.17, 15) is 0 Å². The van der Waals surface area contributed by atoms with Gasteiger partial charge in [0.25, 0.3) is 0 Å². The maximum atomic E-state index is 5.64. The number of aryl methyl sites for hydroxylation is 1. The van der Waals surface area contributed by atoms with Gasteiger partial charge in [-0.05, 0) is 20.3 Å². The fourth-order valence-corrected chi connectivity index (χ4v) is 2.58. The predicted octanol–water partition coefficient (Wildman–Crippen LogP) is 1.25. The Kier molecular flexibility index (Phi) is 4.21. The highest BCUT2D eigenvalue weighted by molar-refractivity contribution is 5.58. The van der Waals surface area contributed by atoms with Gasteiger partial charge < -0.3 is 15.1 Å². The minimum Gasteiger partial charge on any atom is -0.376 e. The van der Waals surface area contributed by atoms with Crippen LogP contribution in [0, 0.1) is 6.92 Å². The Morgan fingerprint density at radius 3 is 2.74 bits per heavy atom. The monoisotopic (exact) mass is 265 g/mol. The summed E-state index contributed by atoms with van der Waals surface area (Å²) in [6, 6.07) is 0.351. The number of likely N-dealkylation sites (N-methyl/N-ethyl adjacent to an activating group) is 1. The van der Waals surface area contributed by atoms with Gasteiger partial charge in [0.05, 0.1) is 12.1 Å². The number of nitrogen functional groups attached to an aromatic ring is 1. The first-order valence-electron chi connectivity index (χ1n) is 6.77. The van der Waals surface area contributed by atoms with Gasteiger partial charge in [0.15, 0.2) is 0 Å². The molecule has 2 rings (SSSR count). The van der Waals surface area contributed by atoms with E-state index in [4.69, 9.17) is 10.6 Å². The molecule has 0 spiro atoms. The quantitative estimate of drug-likeness (QED) is 0.630. The van der Waals surface area contributed by atoms with Crippen LogP contribution in [-0.2, 0) is 11.2 Å². The number of nitrogens with one attached hydrogen (secondary N) is 1. The van der Waals surface area contributed by atoms with Crippen LogP contribution in [0.2, 0.25) is 0 Å². The molecule has 1 fully saturated rings. The van der Waals surface area contributed by atoms with E-state index in [1.165, 1.54) is 0 Å². The molecular weight excluding hydrogens is 242 g/mol. The Balaban J connectivity index is 2.37. The second-order valence-corrected chi connectivity index (χ2v) is 4.98. The largest absolute Gasteiger partial charge is 0.376 e. The molecular formula is C13H23N5O. The summed E-state index contributed by atoms with van der Waals surface area (Å²) in [5.41, 5.74) is 3.63. The van der Waals surface area contributed by atoms with Gasteiger partial charge >= 0.3 is 0 Å². The lowest BCUT2D eigenvalue weighted by Crippen LogP contribution is -2.38. The van der Waals surface area contributed by atoms with Crippen molar-refractivity contribution in [3.8, 4) is 0 Å². The Hall–Kier alpha value is -1.40. The maximum Gasteiger partial charge on any atom is 0.148 e. The Morgan fingerprint density at radius 2 is 2.21 bits per heavy atom. The molecule has 2 unspecified atom stereocenters. The predicted molar refractivity (Wildman–Crippen MR) is 76.2 cm³/mol. The third-order valence-electron chi connectivity index (χ3n) is 3.79. The number of hydrogen-bond acceptors (Lipinski definition) is 6. The van der Waals surface area contributed by atoms with Crippen LogP contribution in [0.15, 0.2) is 0 Å². The van der Waals surface area contributed by atoms with E-state index in [0.717, 1.165) is 36.7 Å². The summed E-state index contributed by atoms with van der Waals surface area (Å²) in [4.78, 5) is 11.2. The van der Waals surface area contributed by atoms with Crippen molar-refractivity contribution in [1.82, 2.24) is 9.97 Å². The van der Waals surface area contributed by atoms with E-state index in [0.29, 0.717) is 11.9 Å². The smallest absolute Gasteiger partial charge is 0.148 e. The van der Waals surface area contributed by atoms with Crippen molar-refractivity contribution in [3.05, 3.63) is 11.4 Å². The third-order valence-corrected chi connectivity index (χ3v) is 3.79. The summed E-state index contributed by atoms with van der Waals surface area (Å²) in [5.74, 6) is 7.97. The number of nitrogens with two attached hydrogens (primary N) is 1. The summed E-state index contributed by atoms with van der Waals surface area (Å²) in [7, 11) is 2.06. The molecule has 0 aliphatic carbocycles. The van der Waals surface area contributed by atoms with Gasteiger partial charge in [-0.3, -0.25) is 0 Å². The van der Waals surface area contributed by atoms with Gasteiger partial charge in [-0.1, -0.05) is 6.92 Å². The molecule has 1 saturated heterocycles. The number of anilines is 2. The average Bonchev–Trinajstić information content (AvgIpc) is 2.84. The molecule has 0 bridgehead atoms. The molecule has 106 valence electrons. The molecule has 0 aromatic carbocycles. The van der Waals surface area contributed by atoms with Crippen LogP contribution in [0.25, 0.3) is 0 Å². The highest BCUT2D eigenvalue weighted by atomic mass is 16.5. The summed E-state index contributed by atoms with van der Waals surface area (Å²) >= 11 is 0. The number of hydrazine groups is 1. The van der Waals surface area contributed by atoms with Crippen LogP contribution in [0.3, 0.4) is 0 Å². The van der Waals surface area contributed by atoms with E-state index < -0.39 is 0 Å². The third kappa shape index (κ3) is 2.64. The van der Waals surface area contributed by atoms with E-state index in [2.05, 4.69) is 34.3 Å². The minimum absolute atomic E-state index is 0.221. The highest BCUT2D eigenvalue weighted by Gasteiger charge is 2.30. The van der Waals surface area contributed by atoms with E-state index in [1.807, 2.05) is 13.8 Å². The number of rotatable bonds is 4. The first kappa shape index (κ1) is 14.0. The second-order valence-electron chi connectivity index (χ2n) is 4.98. The standard InChI is InChI=1S/C13H23N5O/c1-5-11-15-12(17-14)8(2)13(16-11)18(4)10-6-7-19-9(10)3/h9-10H,5-7,14H2,1-4H3,(H,15,16,17). The van der Waals surface area contributed by atoms with E-state index in [1.54, 1.807) is 0 Å². The fourth-order valence-electron chi connectivity index (χ4n) is 2.58. The van der Waals surface area contributed by atoms with Crippen LogP contribution in [0.5, 0.6) is 0 Å². The van der Waals surface area contributed by atoms with Crippen LogP contribution in [0.1, 0.15) is 31.7 Å². The summed E-state index contributed by atoms with van der Waals surface area (Å²) in [6.07, 6.45) is 2.03. The zero-order valence-corrected chi connectivity index (χ0v) is 12.1. The van der Waals surface area contributed by atoms with Crippen molar-refractivity contribution in [2.45, 2.75) is 45.8 Å². The Labute approximate surface area is 114 Å². The molecule has 1 aromatic rings. The molecule has 2 heterocycles. The molecule has 6 heteroatoms. The Bertz CT molecular complexity index is 451. The van der Waals surface area contributed by atoms with Crippen molar-refractivity contribution in [2.24, 2.45) is 5.84 Å². The first-order chi connectivity index (χ1) is 9.08. The number of nitrogens with zero attached hydrogens (tertiary/aromatic N) is 3. The topological polar surface area (TPSA) is 76.3 Å². The molecule has 1 aliphatic heterocycles. The lowest BCUT2D eigenvalue weighted by Gasteiger charge is -2.29. The van der Waals surface area contributed by atoms with Crippen molar-refractivity contribution in [2.75, 3.05) is 24.0 Å². The Morgan fingerprint density at radius 1 is 1.47 bits per heavy atom. The van der Waals surface area contributed by atoms with E-state index in [-0.39, 0.29) is 6.10 Å². The van der Waals surface area contributed by atoms with Crippen LogP contribution in [-0.4, -0.2) is 35.8 Å². The number of aromatic nitrogens is 2. The molecule has 1 aromatic heterocycles. The zero-order valence-electron chi connectivity index (χ0n) is 12.1. The highest BCUT2D eigenvalue weighted by Crippen LogP contribution is 2.28. The van der Waals surface area contributed by atoms with Crippen molar-refractivity contribution in [1.29, 1.82) is 0 Å². The van der Waals surface area contributed by atoms with Crippen LogP contribution < -0.4 is 16.2 Å². The molecule has 6 nitrogen and oxygen atoms in total. The van der Waals surface area contributed by atoms with Crippen molar-refractivity contribution in [3.63, 3.8) is 0 Å². The molecule has 3 N–H and O–H groups in total. The SMILES string of the molecule is CCc1nc(NN)c(C)c(N(C)C2CCOC2C)n1. The van der Waals surface area contributed by atoms with Gasteiger partial charge in [0.1, 0.15) is 17.5 Å². The lowest BCUT2D eigenvalue weighted by molar-refractivity contribution is 0.118.